The molecule has 0 unspecified atom stereocenters. The van der Waals surface area contributed by atoms with Crippen molar-refractivity contribution in [1.29, 1.82) is 0 Å². The SMILES string of the molecule is CC(C)CNCC1CCN(COCC(F)(F)F)CC1. The standard InChI is InChI=1S/C13H25F3N2O/c1-11(2)7-17-8-12-3-5-18(6-4-12)10-19-9-13(14,15)16/h11-12,17H,3-10H2,1-2H3. The topological polar surface area (TPSA) is 24.5 Å². The third-order valence-corrected chi connectivity index (χ3v) is 3.23. The highest BCUT2D eigenvalue weighted by Crippen LogP contribution is 2.18. The summed E-state index contributed by atoms with van der Waals surface area (Å²) in [5.74, 6) is 1.29. The van der Waals surface area contributed by atoms with Crippen molar-refractivity contribution in [3.05, 3.63) is 0 Å². The number of hydrogen-bond donors (Lipinski definition) is 1. The molecule has 0 bridgehead atoms. The van der Waals surface area contributed by atoms with Gasteiger partial charge in [-0.2, -0.15) is 13.2 Å². The highest BCUT2D eigenvalue weighted by molar-refractivity contribution is 4.72. The molecular weight excluding hydrogens is 257 g/mol. The summed E-state index contributed by atoms with van der Waals surface area (Å²) in [6.07, 6.45) is -2.17. The summed E-state index contributed by atoms with van der Waals surface area (Å²) in [4.78, 5) is 1.95. The molecule has 3 nitrogen and oxygen atoms in total. The van der Waals surface area contributed by atoms with Crippen molar-refractivity contribution in [1.82, 2.24) is 10.2 Å². The zero-order valence-corrected chi connectivity index (χ0v) is 11.8. The van der Waals surface area contributed by atoms with Gasteiger partial charge in [-0.1, -0.05) is 13.8 Å². The predicted molar refractivity (Wildman–Crippen MR) is 68.9 cm³/mol. The van der Waals surface area contributed by atoms with Crippen molar-refractivity contribution < 1.29 is 17.9 Å². The summed E-state index contributed by atoms with van der Waals surface area (Å²) in [6, 6.07) is 0. The number of piperidine rings is 1. The Bertz CT molecular complexity index is 239. The number of halogens is 3. The second-order valence-electron chi connectivity index (χ2n) is 5.71. The van der Waals surface area contributed by atoms with E-state index >= 15 is 0 Å². The average Bonchev–Trinajstić information content (AvgIpc) is 2.29. The molecule has 1 fully saturated rings. The number of ether oxygens (including phenoxy) is 1. The number of rotatable bonds is 7. The fourth-order valence-electron chi connectivity index (χ4n) is 2.19. The Labute approximate surface area is 113 Å². The first-order chi connectivity index (χ1) is 8.87. The van der Waals surface area contributed by atoms with Gasteiger partial charge in [0.25, 0.3) is 0 Å². The minimum atomic E-state index is -4.22. The van der Waals surface area contributed by atoms with Gasteiger partial charge in [-0.3, -0.25) is 4.90 Å². The number of hydrogen-bond acceptors (Lipinski definition) is 3. The van der Waals surface area contributed by atoms with Crippen molar-refractivity contribution in [3.63, 3.8) is 0 Å². The minimum absolute atomic E-state index is 0.0889. The third kappa shape index (κ3) is 8.44. The van der Waals surface area contributed by atoms with Gasteiger partial charge in [0.15, 0.2) is 0 Å². The summed E-state index contributed by atoms with van der Waals surface area (Å²) in [7, 11) is 0. The van der Waals surface area contributed by atoms with Crippen LogP contribution in [0.1, 0.15) is 26.7 Å². The second-order valence-corrected chi connectivity index (χ2v) is 5.71. The van der Waals surface area contributed by atoms with Crippen LogP contribution >= 0.6 is 0 Å². The van der Waals surface area contributed by atoms with Crippen LogP contribution in [-0.2, 0) is 4.74 Å². The minimum Gasteiger partial charge on any atom is -0.357 e. The summed E-state index contributed by atoms with van der Waals surface area (Å²) in [5.41, 5.74) is 0. The summed E-state index contributed by atoms with van der Waals surface area (Å²) >= 11 is 0. The molecule has 0 spiro atoms. The van der Waals surface area contributed by atoms with Crippen molar-refractivity contribution in [2.75, 3.05) is 39.5 Å². The molecule has 0 radical (unpaired) electrons. The molecule has 1 heterocycles. The lowest BCUT2D eigenvalue weighted by atomic mass is 9.97. The Kier molecular flexibility index (Phi) is 7.10. The smallest absolute Gasteiger partial charge is 0.357 e. The fourth-order valence-corrected chi connectivity index (χ4v) is 2.19. The van der Waals surface area contributed by atoms with Crippen LogP contribution in [0, 0.1) is 11.8 Å². The van der Waals surface area contributed by atoms with E-state index in [1.54, 1.807) is 0 Å². The van der Waals surface area contributed by atoms with Gasteiger partial charge in [0, 0.05) is 13.1 Å². The van der Waals surface area contributed by atoms with Crippen LogP contribution in [0.15, 0.2) is 0 Å². The molecule has 1 aliphatic heterocycles. The van der Waals surface area contributed by atoms with Crippen LogP contribution in [0.3, 0.4) is 0 Å². The molecule has 1 rings (SSSR count). The normalized spacial score (nSPS) is 19.3. The van der Waals surface area contributed by atoms with E-state index in [9.17, 15) is 13.2 Å². The molecule has 0 aromatic heterocycles. The van der Waals surface area contributed by atoms with E-state index in [1.165, 1.54) is 0 Å². The molecule has 0 aromatic rings. The molecule has 1 saturated heterocycles. The molecule has 19 heavy (non-hydrogen) atoms. The van der Waals surface area contributed by atoms with Crippen molar-refractivity contribution >= 4 is 0 Å². The van der Waals surface area contributed by atoms with Crippen LogP contribution in [-0.4, -0.2) is 50.6 Å². The van der Waals surface area contributed by atoms with E-state index in [4.69, 9.17) is 0 Å². The van der Waals surface area contributed by atoms with Gasteiger partial charge in [-0.15, -0.1) is 0 Å². The third-order valence-electron chi connectivity index (χ3n) is 3.23. The molecule has 1 N–H and O–H groups in total. The Morgan fingerprint density at radius 3 is 2.42 bits per heavy atom. The molecule has 0 atom stereocenters. The van der Waals surface area contributed by atoms with Gasteiger partial charge < -0.3 is 10.1 Å². The van der Waals surface area contributed by atoms with Gasteiger partial charge in [0.05, 0.1) is 6.73 Å². The Balaban J connectivity index is 2.05. The maximum atomic E-state index is 11.9. The van der Waals surface area contributed by atoms with Gasteiger partial charge in [0.2, 0.25) is 0 Å². The van der Waals surface area contributed by atoms with Crippen LogP contribution < -0.4 is 5.32 Å². The number of likely N-dealkylation sites (tertiary alicyclic amines) is 1. The zero-order valence-electron chi connectivity index (χ0n) is 11.8. The molecule has 0 aromatic carbocycles. The number of nitrogens with zero attached hydrogens (tertiary/aromatic N) is 1. The highest BCUT2D eigenvalue weighted by Gasteiger charge is 2.28. The van der Waals surface area contributed by atoms with E-state index < -0.39 is 12.8 Å². The van der Waals surface area contributed by atoms with Gasteiger partial charge >= 0.3 is 6.18 Å². The van der Waals surface area contributed by atoms with Crippen molar-refractivity contribution in [2.45, 2.75) is 32.9 Å². The monoisotopic (exact) mass is 282 g/mol. The molecule has 0 saturated carbocycles. The lowest BCUT2D eigenvalue weighted by Crippen LogP contribution is -2.39. The van der Waals surface area contributed by atoms with E-state index in [1.807, 2.05) is 4.90 Å². The van der Waals surface area contributed by atoms with Crippen LogP contribution in [0.2, 0.25) is 0 Å². The molecular formula is C13H25F3N2O. The first kappa shape index (κ1) is 16.7. The number of nitrogens with one attached hydrogen (secondary N) is 1. The van der Waals surface area contributed by atoms with Crippen LogP contribution in [0.4, 0.5) is 13.2 Å². The Morgan fingerprint density at radius 1 is 1.26 bits per heavy atom. The van der Waals surface area contributed by atoms with Gasteiger partial charge in [0.1, 0.15) is 6.61 Å². The lowest BCUT2D eigenvalue weighted by Gasteiger charge is -2.31. The second kappa shape index (κ2) is 8.07. The molecule has 1 aliphatic rings. The molecule has 0 aliphatic carbocycles. The van der Waals surface area contributed by atoms with Crippen LogP contribution in [0.5, 0.6) is 0 Å². The van der Waals surface area contributed by atoms with E-state index in [2.05, 4.69) is 23.9 Å². The Hall–Kier alpha value is -0.330. The van der Waals surface area contributed by atoms with E-state index in [0.29, 0.717) is 11.8 Å². The number of alkyl halides is 3. The summed E-state index contributed by atoms with van der Waals surface area (Å²) in [6.45, 7) is 6.97. The maximum absolute atomic E-state index is 11.9. The summed E-state index contributed by atoms with van der Waals surface area (Å²) < 4.78 is 40.4. The summed E-state index contributed by atoms with van der Waals surface area (Å²) in [5, 5.41) is 3.43. The van der Waals surface area contributed by atoms with E-state index in [-0.39, 0.29) is 6.73 Å². The van der Waals surface area contributed by atoms with Gasteiger partial charge in [-0.25, -0.2) is 0 Å². The van der Waals surface area contributed by atoms with Crippen LogP contribution in [0.25, 0.3) is 0 Å². The average molecular weight is 282 g/mol. The van der Waals surface area contributed by atoms with E-state index in [0.717, 1.165) is 39.0 Å². The molecule has 0 amide bonds. The van der Waals surface area contributed by atoms with Crippen molar-refractivity contribution in [3.8, 4) is 0 Å². The lowest BCUT2D eigenvalue weighted by molar-refractivity contribution is -0.184. The first-order valence-corrected chi connectivity index (χ1v) is 6.94. The van der Waals surface area contributed by atoms with Crippen molar-refractivity contribution in [2.24, 2.45) is 11.8 Å². The predicted octanol–water partition coefficient (Wildman–Crippen LogP) is 2.48. The maximum Gasteiger partial charge on any atom is 0.411 e. The zero-order chi connectivity index (χ0) is 14.3. The quantitative estimate of drug-likeness (QED) is 0.776. The molecule has 114 valence electrons. The van der Waals surface area contributed by atoms with Gasteiger partial charge in [-0.05, 0) is 37.8 Å². The highest BCUT2D eigenvalue weighted by atomic mass is 19.4. The first-order valence-electron chi connectivity index (χ1n) is 6.94. The fraction of sp³-hybridized carbons (Fsp3) is 1.00. The largest absolute Gasteiger partial charge is 0.411 e. The molecule has 6 heteroatoms. The Morgan fingerprint density at radius 2 is 1.89 bits per heavy atom.